The van der Waals surface area contributed by atoms with Crippen molar-refractivity contribution in [3.8, 4) is 11.5 Å². The number of rotatable bonds is 3. The number of nitrogens with one attached hydrogen (secondary N) is 1. The summed E-state index contributed by atoms with van der Waals surface area (Å²) in [5.41, 5.74) is 1.09. The third-order valence-corrected chi connectivity index (χ3v) is 7.36. The summed E-state index contributed by atoms with van der Waals surface area (Å²) in [6.45, 7) is 4.26. The molecule has 1 atom stereocenters. The summed E-state index contributed by atoms with van der Waals surface area (Å²) in [4.78, 5) is 4.45. The second-order valence-electron chi connectivity index (χ2n) is 6.93. The number of hydrogen-bond acceptors (Lipinski definition) is 6. The molecule has 142 valence electrons. The molecule has 0 saturated carbocycles. The quantitative estimate of drug-likeness (QED) is 0.744. The minimum Gasteiger partial charge on any atom is -0.454 e. The summed E-state index contributed by atoms with van der Waals surface area (Å²) >= 11 is 5.53. The normalized spacial score (nSPS) is 24.6. The number of nitrogens with zero attached hydrogens (tertiary/aromatic N) is 2. The monoisotopic (exact) mass is 397 g/mol. The van der Waals surface area contributed by atoms with Gasteiger partial charge in [0.2, 0.25) is 6.79 Å². The van der Waals surface area contributed by atoms with Crippen molar-refractivity contribution < 1.29 is 17.9 Å². The van der Waals surface area contributed by atoms with E-state index in [4.69, 9.17) is 21.7 Å². The molecule has 3 aliphatic heterocycles. The Morgan fingerprint density at radius 2 is 1.96 bits per heavy atom. The first kappa shape index (κ1) is 17.8. The first-order chi connectivity index (χ1) is 12.5. The molecule has 0 bridgehead atoms. The van der Waals surface area contributed by atoms with Crippen molar-refractivity contribution in [1.29, 1.82) is 0 Å². The van der Waals surface area contributed by atoms with Crippen LogP contribution in [0.4, 0.5) is 0 Å². The van der Waals surface area contributed by atoms with E-state index in [2.05, 4.69) is 15.1 Å². The highest BCUT2D eigenvalue weighted by Crippen LogP contribution is 2.32. The average Bonchev–Trinajstić information content (AvgIpc) is 3.25. The van der Waals surface area contributed by atoms with Crippen LogP contribution >= 0.6 is 12.2 Å². The van der Waals surface area contributed by atoms with Crippen LogP contribution in [0.5, 0.6) is 11.5 Å². The highest BCUT2D eigenvalue weighted by atomic mass is 32.2. The van der Waals surface area contributed by atoms with Gasteiger partial charge in [-0.3, -0.25) is 4.90 Å². The molecule has 7 nitrogen and oxygen atoms in total. The molecule has 9 heteroatoms. The maximum absolute atomic E-state index is 11.7. The van der Waals surface area contributed by atoms with E-state index in [9.17, 15) is 8.42 Å². The van der Waals surface area contributed by atoms with Crippen molar-refractivity contribution in [2.45, 2.75) is 19.0 Å². The van der Waals surface area contributed by atoms with E-state index in [1.54, 1.807) is 0 Å². The zero-order chi connectivity index (χ0) is 18.1. The Labute approximate surface area is 159 Å². The maximum Gasteiger partial charge on any atom is 0.231 e. The smallest absolute Gasteiger partial charge is 0.231 e. The van der Waals surface area contributed by atoms with Gasteiger partial charge in [0.25, 0.3) is 0 Å². The lowest BCUT2D eigenvalue weighted by atomic mass is 10.2. The Balaban J connectivity index is 1.25. The van der Waals surface area contributed by atoms with E-state index in [0.29, 0.717) is 18.1 Å². The second-order valence-corrected chi connectivity index (χ2v) is 9.54. The van der Waals surface area contributed by atoms with Gasteiger partial charge in [0.05, 0.1) is 11.5 Å². The van der Waals surface area contributed by atoms with Gasteiger partial charge in [-0.25, -0.2) is 8.42 Å². The Morgan fingerprint density at radius 1 is 1.19 bits per heavy atom. The number of sulfone groups is 1. The second kappa shape index (κ2) is 7.21. The van der Waals surface area contributed by atoms with E-state index < -0.39 is 9.84 Å². The lowest BCUT2D eigenvalue weighted by Crippen LogP contribution is -2.54. The highest BCUT2D eigenvalue weighted by molar-refractivity contribution is 7.91. The predicted molar refractivity (Wildman–Crippen MR) is 102 cm³/mol. The van der Waals surface area contributed by atoms with Gasteiger partial charge in [-0.05, 0) is 36.3 Å². The summed E-state index contributed by atoms with van der Waals surface area (Å²) in [6.07, 6.45) is 0.759. The predicted octanol–water partition coefficient (Wildman–Crippen LogP) is 0.595. The SMILES string of the molecule is O=S1(=O)CC[C@H](N2CCN(C(=S)NCc3ccc4c(c3)OCO4)CC2)C1. The van der Waals surface area contributed by atoms with Gasteiger partial charge in [0, 0.05) is 38.8 Å². The summed E-state index contributed by atoms with van der Waals surface area (Å²) in [5.74, 6) is 2.18. The first-order valence-electron chi connectivity index (χ1n) is 8.86. The van der Waals surface area contributed by atoms with E-state index >= 15 is 0 Å². The van der Waals surface area contributed by atoms with Crippen LogP contribution in [-0.4, -0.2) is 73.8 Å². The zero-order valence-electron chi connectivity index (χ0n) is 14.5. The van der Waals surface area contributed by atoms with Crippen LogP contribution in [0.1, 0.15) is 12.0 Å². The lowest BCUT2D eigenvalue weighted by Gasteiger charge is -2.38. The van der Waals surface area contributed by atoms with Crippen LogP contribution < -0.4 is 14.8 Å². The first-order valence-corrected chi connectivity index (χ1v) is 11.1. The van der Waals surface area contributed by atoms with E-state index in [1.807, 2.05) is 18.2 Å². The fourth-order valence-corrected chi connectivity index (χ4v) is 5.71. The fraction of sp³-hybridized carbons (Fsp3) is 0.588. The Morgan fingerprint density at radius 3 is 2.69 bits per heavy atom. The van der Waals surface area contributed by atoms with E-state index in [0.717, 1.165) is 54.8 Å². The summed E-state index contributed by atoms with van der Waals surface area (Å²) in [7, 11) is -2.83. The van der Waals surface area contributed by atoms with Crippen molar-refractivity contribution >= 4 is 27.2 Å². The molecule has 0 aliphatic carbocycles. The van der Waals surface area contributed by atoms with Crippen molar-refractivity contribution in [2.75, 3.05) is 44.5 Å². The maximum atomic E-state index is 11.7. The molecule has 0 unspecified atom stereocenters. The molecular formula is C17H23N3O4S2. The molecule has 4 rings (SSSR count). The molecule has 1 N–H and O–H groups in total. The van der Waals surface area contributed by atoms with Crippen LogP contribution in [0.25, 0.3) is 0 Å². The zero-order valence-corrected chi connectivity index (χ0v) is 16.2. The van der Waals surface area contributed by atoms with Crippen LogP contribution in [0.2, 0.25) is 0 Å². The summed E-state index contributed by atoms with van der Waals surface area (Å²) in [6, 6.07) is 6.06. The molecule has 3 heterocycles. The number of benzene rings is 1. The van der Waals surface area contributed by atoms with E-state index in [-0.39, 0.29) is 12.8 Å². The van der Waals surface area contributed by atoms with Gasteiger partial charge in [-0.2, -0.15) is 0 Å². The third kappa shape index (κ3) is 3.89. The fourth-order valence-electron chi connectivity index (χ4n) is 3.69. The van der Waals surface area contributed by atoms with Gasteiger partial charge in [-0.1, -0.05) is 6.07 Å². The Kier molecular flexibility index (Phi) is 4.94. The number of ether oxygens (including phenoxy) is 2. The topological polar surface area (TPSA) is 71.1 Å². The molecule has 26 heavy (non-hydrogen) atoms. The largest absolute Gasteiger partial charge is 0.454 e. The Bertz CT molecular complexity index is 791. The lowest BCUT2D eigenvalue weighted by molar-refractivity contribution is 0.142. The van der Waals surface area contributed by atoms with Crippen LogP contribution in [0, 0.1) is 0 Å². The summed E-state index contributed by atoms with van der Waals surface area (Å²) in [5, 5.41) is 4.04. The number of hydrogen-bond donors (Lipinski definition) is 1. The highest BCUT2D eigenvalue weighted by Gasteiger charge is 2.33. The molecule has 3 aliphatic rings. The van der Waals surface area contributed by atoms with E-state index in [1.165, 1.54) is 0 Å². The standard InChI is InChI=1S/C17H23N3O4S2/c21-26(22)8-3-14(11-26)19-4-6-20(7-5-19)17(25)18-10-13-1-2-15-16(9-13)24-12-23-15/h1-2,9,14H,3-8,10-12H2,(H,18,25)/t14-/m0/s1. The summed E-state index contributed by atoms with van der Waals surface area (Å²) < 4.78 is 34.0. The van der Waals surface area contributed by atoms with Crippen molar-refractivity contribution in [1.82, 2.24) is 15.1 Å². The molecule has 0 radical (unpaired) electrons. The van der Waals surface area contributed by atoms with Gasteiger partial charge in [0.15, 0.2) is 26.4 Å². The minimum absolute atomic E-state index is 0.178. The molecule has 1 aromatic rings. The molecule has 1 aromatic carbocycles. The molecule has 2 fully saturated rings. The minimum atomic E-state index is -2.83. The van der Waals surface area contributed by atoms with Crippen LogP contribution in [0.15, 0.2) is 18.2 Å². The van der Waals surface area contributed by atoms with Crippen molar-refractivity contribution in [2.24, 2.45) is 0 Å². The number of fused-ring (bicyclic) bond motifs is 1. The molecular weight excluding hydrogens is 374 g/mol. The number of piperazine rings is 1. The number of thiocarbonyl (C=S) groups is 1. The van der Waals surface area contributed by atoms with Gasteiger partial charge in [0.1, 0.15) is 0 Å². The molecule has 0 aromatic heterocycles. The molecule has 2 saturated heterocycles. The third-order valence-electron chi connectivity index (χ3n) is 5.21. The van der Waals surface area contributed by atoms with Crippen LogP contribution in [0.3, 0.4) is 0 Å². The average molecular weight is 398 g/mol. The van der Waals surface area contributed by atoms with Crippen molar-refractivity contribution in [3.63, 3.8) is 0 Å². The van der Waals surface area contributed by atoms with Crippen molar-refractivity contribution in [3.05, 3.63) is 23.8 Å². The molecule has 0 amide bonds. The van der Waals surface area contributed by atoms with Gasteiger partial charge >= 0.3 is 0 Å². The van der Waals surface area contributed by atoms with Gasteiger partial charge < -0.3 is 19.7 Å². The Hall–Kier alpha value is -1.58. The van der Waals surface area contributed by atoms with Gasteiger partial charge in [-0.15, -0.1) is 0 Å². The molecule has 0 spiro atoms. The van der Waals surface area contributed by atoms with Crippen LogP contribution in [-0.2, 0) is 16.4 Å².